The van der Waals surface area contributed by atoms with Crippen molar-refractivity contribution >= 4 is 11.4 Å². The number of aryl methyl sites for hydroxylation is 1. The standard InChI is InChI=1S/C10H8N4O5/c1-6-9(14(18)19)10(15)12(11-6)7-2-4-8(5-3-7)13(16)17/h2-5,11H,1H3. The van der Waals surface area contributed by atoms with E-state index in [4.69, 9.17) is 0 Å². The molecule has 0 bridgehead atoms. The van der Waals surface area contributed by atoms with Crippen LogP contribution in [0.25, 0.3) is 5.69 Å². The van der Waals surface area contributed by atoms with E-state index in [-0.39, 0.29) is 17.1 Å². The molecule has 1 aromatic carbocycles. The lowest BCUT2D eigenvalue weighted by Gasteiger charge is -1.99. The van der Waals surface area contributed by atoms with Gasteiger partial charge in [0.25, 0.3) is 5.69 Å². The quantitative estimate of drug-likeness (QED) is 0.660. The number of benzene rings is 1. The minimum atomic E-state index is -0.809. The Kier molecular flexibility index (Phi) is 2.87. The van der Waals surface area contributed by atoms with Crippen molar-refractivity contribution in [1.29, 1.82) is 0 Å². The third kappa shape index (κ3) is 2.08. The fraction of sp³-hybridized carbons (Fsp3) is 0.100. The van der Waals surface area contributed by atoms with E-state index < -0.39 is 21.1 Å². The summed E-state index contributed by atoms with van der Waals surface area (Å²) in [5.74, 6) is 0. The third-order valence-electron chi connectivity index (χ3n) is 2.54. The van der Waals surface area contributed by atoms with E-state index in [0.29, 0.717) is 0 Å². The molecule has 0 unspecified atom stereocenters. The summed E-state index contributed by atoms with van der Waals surface area (Å²) in [6.45, 7) is 1.40. The van der Waals surface area contributed by atoms with E-state index in [1.807, 2.05) is 0 Å². The zero-order chi connectivity index (χ0) is 14.2. The first-order valence-electron chi connectivity index (χ1n) is 5.12. The van der Waals surface area contributed by atoms with Crippen molar-refractivity contribution in [2.45, 2.75) is 6.92 Å². The first-order chi connectivity index (χ1) is 8.91. The van der Waals surface area contributed by atoms with Crippen molar-refractivity contribution in [1.82, 2.24) is 9.78 Å². The molecule has 0 fully saturated rings. The van der Waals surface area contributed by atoms with E-state index in [9.17, 15) is 25.0 Å². The number of nitrogens with zero attached hydrogens (tertiary/aromatic N) is 3. The molecular weight excluding hydrogens is 256 g/mol. The van der Waals surface area contributed by atoms with Crippen LogP contribution in [0.15, 0.2) is 29.1 Å². The van der Waals surface area contributed by atoms with Crippen LogP contribution in [0.5, 0.6) is 0 Å². The summed E-state index contributed by atoms with van der Waals surface area (Å²) in [5.41, 5.74) is -1.08. The van der Waals surface area contributed by atoms with Crippen molar-refractivity contribution in [2.24, 2.45) is 0 Å². The Labute approximate surface area is 105 Å². The number of aromatic nitrogens is 2. The van der Waals surface area contributed by atoms with Crippen molar-refractivity contribution in [3.63, 3.8) is 0 Å². The summed E-state index contributed by atoms with van der Waals surface area (Å²) in [6, 6.07) is 5.09. The van der Waals surface area contributed by atoms with Crippen LogP contribution in [0.4, 0.5) is 11.4 Å². The summed E-state index contributed by atoms with van der Waals surface area (Å²) in [6.07, 6.45) is 0. The van der Waals surface area contributed by atoms with Crippen LogP contribution in [0.3, 0.4) is 0 Å². The minimum Gasteiger partial charge on any atom is -0.288 e. The summed E-state index contributed by atoms with van der Waals surface area (Å²) in [7, 11) is 0. The van der Waals surface area contributed by atoms with E-state index in [1.54, 1.807) is 0 Å². The second kappa shape index (κ2) is 4.37. The van der Waals surface area contributed by atoms with Crippen LogP contribution < -0.4 is 5.56 Å². The Morgan fingerprint density at radius 2 is 1.68 bits per heavy atom. The van der Waals surface area contributed by atoms with Gasteiger partial charge in [0, 0.05) is 12.1 Å². The van der Waals surface area contributed by atoms with Crippen LogP contribution in [-0.2, 0) is 0 Å². The maximum atomic E-state index is 11.8. The largest absolute Gasteiger partial charge is 0.356 e. The SMILES string of the molecule is Cc1[nH]n(-c2ccc([N+](=O)[O-])cc2)c(=O)c1[N+](=O)[O-]. The number of nitrogens with one attached hydrogen (secondary N) is 1. The zero-order valence-corrected chi connectivity index (χ0v) is 9.69. The maximum absolute atomic E-state index is 11.8. The van der Waals surface area contributed by atoms with Gasteiger partial charge >= 0.3 is 11.2 Å². The molecule has 19 heavy (non-hydrogen) atoms. The average molecular weight is 264 g/mol. The molecule has 2 aromatic rings. The summed E-state index contributed by atoms with van der Waals surface area (Å²) in [4.78, 5) is 31.7. The number of hydrogen-bond donors (Lipinski definition) is 1. The Morgan fingerprint density at radius 3 is 2.11 bits per heavy atom. The van der Waals surface area contributed by atoms with Crippen molar-refractivity contribution < 1.29 is 9.85 Å². The fourth-order valence-corrected chi connectivity index (χ4v) is 1.66. The summed E-state index contributed by atoms with van der Waals surface area (Å²) < 4.78 is 0.969. The molecule has 1 aromatic heterocycles. The lowest BCUT2D eigenvalue weighted by molar-refractivity contribution is -0.386. The molecule has 0 atom stereocenters. The molecular formula is C10H8N4O5. The molecule has 0 amide bonds. The fourth-order valence-electron chi connectivity index (χ4n) is 1.66. The molecule has 2 rings (SSSR count). The van der Waals surface area contributed by atoms with Crippen LogP contribution in [0, 0.1) is 27.2 Å². The zero-order valence-electron chi connectivity index (χ0n) is 9.69. The number of aromatic amines is 1. The van der Waals surface area contributed by atoms with Gasteiger partial charge in [0.1, 0.15) is 5.69 Å². The average Bonchev–Trinajstić information content (AvgIpc) is 2.65. The lowest BCUT2D eigenvalue weighted by atomic mass is 10.3. The highest BCUT2D eigenvalue weighted by atomic mass is 16.6. The lowest BCUT2D eigenvalue weighted by Crippen LogP contribution is -2.16. The monoisotopic (exact) mass is 264 g/mol. The summed E-state index contributed by atoms with van der Waals surface area (Å²) >= 11 is 0. The van der Waals surface area contributed by atoms with Crippen molar-refractivity contribution in [3.05, 3.63) is 60.5 Å². The van der Waals surface area contributed by atoms with Crippen molar-refractivity contribution in [2.75, 3.05) is 0 Å². The molecule has 0 saturated heterocycles. The van der Waals surface area contributed by atoms with E-state index >= 15 is 0 Å². The molecule has 9 heteroatoms. The molecule has 0 spiro atoms. The van der Waals surface area contributed by atoms with Crippen molar-refractivity contribution in [3.8, 4) is 5.69 Å². The van der Waals surface area contributed by atoms with E-state index in [2.05, 4.69) is 5.10 Å². The van der Waals surface area contributed by atoms with E-state index in [1.165, 1.54) is 31.2 Å². The van der Waals surface area contributed by atoms with Gasteiger partial charge in [-0.15, -0.1) is 0 Å². The van der Waals surface area contributed by atoms with Crippen LogP contribution in [0.2, 0.25) is 0 Å². The molecule has 0 aliphatic heterocycles. The molecule has 1 N–H and O–H groups in total. The van der Waals surface area contributed by atoms with Gasteiger partial charge in [-0.25, -0.2) is 4.68 Å². The predicted molar refractivity (Wildman–Crippen MR) is 64.4 cm³/mol. The Bertz CT molecular complexity index is 713. The number of H-pyrrole nitrogens is 1. The highest BCUT2D eigenvalue weighted by molar-refractivity contribution is 5.43. The van der Waals surface area contributed by atoms with Crippen LogP contribution in [-0.4, -0.2) is 19.6 Å². The summed E-state index contributed by atoms with van der Waals surface area (Å²) in [5, 5.41) is 23.8. The second-order valence-electron chi connectivity index (χ2n) is 3.76. The molecule has 0 radical (unpaired) electrons. The second-order valence-corrected chi connectivity index (χ2v) is 3.76. The Balaban J connectivity index is 2.54. The third-order valence-corrected chi connectivity index (χ3v) is 2.54. The molecule has 0 aliphatic carbocycles. The van der Waals surface area contributed by atoms with Gasteiger partial charge in [-0.1, -0.05) is 0 Å². The highest BCUT2D eigenvalue weighted by Gasteiger charge is 2.22. The Morgan fingerprint density at radius 1 is 1.11 bits per heavy atom. The predicted octanol–water partition coefficient (Wildman–Crippen LogP) is 1.29. The van der Waals surface area contributed by atoms with Gasteiger partial charge in [0.2, 0.25) is 0 Å². The highest BCUT2D eigenvalue weighted by Crippen LogP contribution is 2.16. The number of nitro groups is 2. The number of hydrogen-bond acceptors (Lipinski definition) is 5. The molecule has 0 aliphatic rings. The normalized spacial score (nSPS) is 10.4. The number of nitro benzene ring substituents is 1. The first-order valence-corrected chi connectivity index (χ1v) is 5.12. The Hall–Kier alpha value is -2.97. The molecule has 1 heterocycles. The topological polar surface area (TPSA) is 124 Å². The number of rotatable bonds is 3. The van der Waals surface area contributed by atoms with Gasteiger partial charge in [-0.2, -0.15) is 0 Å². The van der Waals surface area contributed by atoms with Gasteiger partial charge in [-0.05, 0) is 19.1 Å². The van der Waals surface area contributed by atoms with Gasteiger partial charge in [0.15, 0.2) is 0 Å². The first kappa shape index (κ1) is 12.5. The van der Waals surface area contributed by atoms with Gasteiger partial charge in [-0.3, -0.25) is 30.1 Å². The number of non-ortho nitro benzene ring substituents is 1. The van der Waals surface area contributed by atoms with Crippen LogP contribution >= 0.6 is 0 Å². The molecule has 9 nitrogen and oxygen atoms in total. The smallest absolute Gasteiger partial charge is 0.288 e. The van der Waals surface area contributed by atoms with Gasteiger partial charge in [0.05, 0.1) is 15.5 Å². The maximum Gasteiger partial charge on any atom is 0.356 e. The molecule has 0 saturated carbocycles. The van der Waals surface area contributed by atoms with Crippen LogP contribution in [0.1, 0.15) is 5.69 Å². The minimum absolute atomic E-state index is 0.119. The van der Waals surface area contributed by atoms with E-state index in [0.717, 1.165) is 4.68 Å². The molecule has 98 valence electrons. The van der Waals surface area contributed by atoms with Gasteiger partial charge < -0.3 is 0 Å².